The molecule has 1 amide bonds. The van der Waals surface area contributed by atoms with Gasteiger partial charge in [-0.3, -0.25) is 4.79 Å². The van der Waals surface area contributed by atoms with E-state index in [0.717, 1.165) is 5.56 Å². The zero-order valence-electron chi connectivity index (χ0n) is 15.5. The lowest BCUT2D eigenvalue weighted by atomic mass is 10.1. The van der Waals surface area contributed by atoms with Crippen molar-refractivity contribution in [3.05, 3.63) is 53.6 Å². The number of nitriles is 1. The van der Waals surface area contributed by atoms with Gasteiger partial charge in [-0.15, -0.1) is 0 Å². The third-order valence-electron chi connectivity index (χ3n) is 3.72. The Hall–Kier alpha value is -3.53. The monoisotopic (exact) mass is 367 g/mol. The van der Waals surface area contributed by atoms with Crippen LogP contribution in [0.3, 0.4) is 0 Å². The molecular formula is C20H21N3O4. The molecule has 1 N–H and O–H groups in total. The number of hydrogen-bond acceptors (Lipinski definition) is 6. The van der Waals surface area contributed by atoms with Gasteiger partial charge in [0.2, 0.25) is 0 Å². The Morgan fingerprint density at radius 3 is 2.41 bits per heavy atom. The van der Waals surface area contributed by atoms with Gasteiger partial charge in [0.1, 0.15) is 5.75 Å². The van der Waals surface area contributed by atoms with Gasteiger partial charge in [0, 0.05) is 5.56 Å². The summed E-state index contributed by atoms with van der Waals surface area (Å²) in [4.78, 5) is 12.0. The van der Waals surface area contributed by atoms with Crippen molar-refractivity contribution in [1.82, 2.24) is 5.43 Å². The zero-order valence-corrected chi connectivity index (χ0v) is 15.5. The summed E-state index contributed by atoms with van der Waals surface area (Å²) in [5, 5.41) is 12.9. The third-order valence-corrected chi connectivity index (χ3v) is 3.72. The maximum atomic E-state index is 12.0. The Morgan fingerprint density at radius 1 is 1.11 bits per heavy atom. The van der Waals surface area contributed by atoms with Crippen molar-refractivity contribution in [2.45, 2.75) is 13.3 Å². The topological polar surface area (TPSA) is 92.9 Å². The van der Waals surface area contributed by atoms with E-state index >= 15 is 0 Å². The summed E-state index contributed by atoms with van der Waals surface area (Å²) in [5.74, 6) is 1.33. The SMILES string of the molecule is CC/C(=N/NC(=O)COc1ccc(C#N)cc1)c1ccc(OC)c(OC)c1. The minimum atomic E-state index is -0.384. The van der Waals surface area contributed by atoms with E-state index in [1.54, 1.807) is 50.6 Å². The minimum absolute atomic E-state index is 0.182. The molecule has 27 heavy (non-hydrogen) atoms. The molecule has 0 saturated carbocycles. The molecule has 0 saturated heterocycles. The van der Waals surface area contributed by atoms with Gasteiger partial charge >= 0.3 is 0 Å². The van der Waals surface area contributed by atoms with E-state index in [1.165, 1.54) is 0 Å². The number of nitrogens with one attached hydrogen (secondary N) is 1. The largest absolute Gasteiger partial charge is 0.493 e. The average Bonchev–Trinajstić information content (AvgIpc) is 2.72. The van der Waals surface area contributed by atoms with E-state index in [0.29, 0.717) is 34.9 Å². The van der Waals surface area contributed by atoms with Gasteiger partial charge in [0.25, 0.3) is 5.91 Å². The Bertz CT molecular complexity index is 855. The molecule has 2 aromatic rings. The highest BCUT2D eigenvalue weighted by Crippen LogP contribution is 2.28. The van der Waals surface area contributed by atoms with Gasteiger partial charge in [-0.05, 0) is 48.9 Å². The fourth-order valence-electron chi connectivity index (χ4n) is 2.30. The fraction of sp³-hybridized carbons (Fsp3) is 0.250. The highest BCUT2D eigenvalue weighted by atomic mass is 16.5. The van der Waals surface area contributed by atoms with Crippen molar-refractivity contribution in [3.8, 4) is 23.3 Å². The number of carbonyl (C=O) groups is 1. The van der Waals surface area contributed by atoms with Crippen molar-refractivity contribution < 1.29 is 19.0 Å². The van der Waals surface area contributed by atoms with E-state index in [4.69, 9.17) is 19.5 Å². The molecule has 140 valence electrons. The van der Waals surface area contributed by atoms with Crippen molar-refractivity contribution in [1.29, 1.82) is 5.26 Å². The molecule has 0 atom stereocenters. The smallest absolute Gasteiger partial charge is 0.277 e. The van der Waals surface area contributed by atoms with Crippen molar-refractivity contribution in [3.63, 3.8) is 0 Å². The Kier molecular flexibility index (Phi) is 7.20. The number of carbonyl (C=O) groups excluding carboxylic acids is 1. The second-order valence-corrected chi connectivity index (χ2v) is 5.44. The lowest BCUT2D eigenvalue weighted by molar-refractivity contribution is -0.123. The predicted molar refractivity (Wildman–Crippen MR) is 101 cm³/mol. The van der Waals surface area contributed by atoms with Crippen LogP contribution in [0.25, 0.3) is 0 Å². The quantitative estimate of drug-likeness (QED) is 0.572. The van der Waals surface area contributed by atoms with Gasteiger partial charge in [-0.2, -0.15) is 10.4 Å². The second-order valence-electron chi connectivity index (χ2n) is 5.44. The highest BCUT2D eigenvalue weighted by Gasteiger charge is 2.09. The molecule has 0 spiro atoms. The molecule has 7 heteroatoms. The summed E-state index contributed by atoms with van der Waals surface area (Å²) >= 11 is 0. The normalized spacial score (nSPS) is 10.7. The Balaban J connectivity index is 1.99. The number of methoxy groups -OCH3 is 2. The zero-order chi connectivity index (χ0) is 19.6. The number of benzene rings is 2. The van der Waals surface area contributed by atoms with Crippen LogP contribution in [-0.4, -0.2) is 32.4 Å². The minimum Gasteiger partial charge on any atom is -0.493 e. The van der Waals surface area contributed by atoms with E-state index < -0.39 is 0 Å². The molecule has 2 rings (SSSR count). The van der Waals surface area contributed by atoms with Gasteiger partial charge in [0.15, 0.2) is 18.1 Å². The average molecular weight is 367 g/mol. The predicted octanol–water partition coefficient (Wildman–Crippen LogP) is 2.88. The molecule has 0 aliphatic carbocycles. The second kappa shape index (κ2) is 9.82. The summed E-state index contributed by atoms with van der Waals surface area (Å²) in [6.07, 6.45) is 0.617. The molecule has 2 aromatic carbocycles. The number of rotatable bonds is 8. The first kappa shape index (κ1) is 19.8. The lowest BCUT2D eigenvalue weighted by Gasteiger charge is -2.11. The van der Waals surface area contributed by atoms with Crippen LogP contribution in [0.2, 0.25) is 0 Å². The summed E-state index contributed by atoms with van der Waals surface area (Å²) < 4.78 is 15.9. The van der Waals surface area contributed by atoms with E-state index in [1.807, 2.05) is 19.1 Å². The van der Waals surface area contributed by atoms with Crippen LogP contribution < -0.4 is 19.6 Å². The third kappa shape index (κ3) is 5.47. The van der Waals surface area contributed by atoms with Crippen LogP contribution in [0.5, 0.6) is 17.2 Å². The van der Waals surface area contributed by atoms with Crippen LogP contribution >= 0.6 is 0 Å². The van der Waals surface area contributed by atoms with Crippen LogP contribution in [0.4, 0.5) is 0 Å². The molecule has 0 heterocycles. The molecule has 0 aliphatic heterocycles. The van der Waals surface area contributed by atoms with E-state index in [-0.39, 0.29) is 12.5 Å². The maximum Gasteiger partial charge on any atom is 0.277 e. The molecule has 0 bridgehead atoms. The molecule has 0 radical (unpaired) electrons. The Labute approximate surface area is 158 Å². The summed E-state index contributed by atoms with van der Waals surface area (Å²) in [7, 11) is 3.13. The summed E-state index contributed by atoms with van der Waals surface area (Å²) in [6.45, 7) is 1.76. The van der Waals surface area contributed by atoms with Gasteiger partial charge in [-0.25, -0.2) is 5.43 Å². The fourth-order valence-corrected chi connectivity index (χ4v) is 2.30. The summed E-state index contributed by atoms with van der Waals surface area (Å²) in [5.41, 5.74) is 4.54. The lowest BCUT2D eigenvalue weighted by Crippen LogP contribution is -2.26. The van der Waals surface area contributed by atoms with Crippen molar-refractivity contribution in [2.75, 3.05) is 20.8 Å². The van der Waals surface area contributed by atoms with E-state index in [9.17, 15) is 4.79 Å². The first-order valence-electron chi connectivity index (χ1n) is 8.32. The standard InChI is InChI=1S/C20H21N3O4/c1-4-17(15-7-10-18(25-2)19(11-15)26-3)22-23-20(24)13-27-16-8-5-14(12-21)6-9-16/h5-11H,4,13H2,1-3H3,(H,23,24)/b22-17-. The van der Waals surface area contributed by atoms with Crippen molar-refractivity contribution in [2.24, 2.45) is 5.10 Å². The van der Waals surface area contributed by atoms with Crippen LogP contribution in [0, 0.1) is 11.3 Å². The van der Waals surface area contributed by atoms with Crippen LogP contribution in [0.1, 0.15) is 24.5 Å². The van der Waals surface area contributed by atoms with Gasteiger partial charge < -0.3 is 14.2 Å². The van der Waals surface area contributed by atoms with E-state index in [2.05, 4.69) is 10.5 Å². The molecule has 0 fully saturated rings. The molecule has 7 nitrogen and oxygen atoms in total. The number of nitrogens with zero attached hydrogens (tertiary/aromatic N) is 2. The Morgan fingerprint density at radius 2 is 1.81 bits per heavy atom. The number of hydrazone groups is 1. The van der Waals surface area contributed by atoms with Gasteiger partial charge in [0.05, 0.1) is 31.6 Å². The number of ether oxygens (including phenoxy) is 3. The number of hydrogen-bond donors (Lipinski definition) is 1. The first-order valence-corrected chi connectivity index (χ1v) is 8.32. The van der Waals surface area contributed by atoms with Crippen LogP contribution in [-0.2, 0) is 4.79 Å². The molecule has 0 unspecified atom stereocenters. The van der Waals surface area contributed by atoms with Gasteiger partial charge in [-0.1, -0.05) is 6.92 Å². The highest BCUT2D eigenvalue weighted by molar-refractivity contribution is 6.01. The molecular weight excluding hydrogens is 346 g/mol. The molecule has 0 aromatic heterocycles. The maximum absolute atomic E-state index is 12.0. The van der Waals surface area contributed by atoms with Crippen LogP contribution in [0.15, 0.2) is 47.6 Å². The summed E-state index contributed by atoms with van der Waals surface area (Å²) in [6, 6.07) is 14.0. The first-order chi connectivity index (χ1) is 13.1. The van der Waals surface area contributed by atoms with Crippen molar-refractivity contribution >= 4 is 11.6 Å². The molecule has 0 aliphatic rings. The number of amides is 1.